The number of halogens is 1. The average molecular weight is 306 g/mol. The standard InChI is InChI=1S/C17H20ClNO2/c1-3-19-12-13-5-10-17(16(18)11-13)21-15-8-6-14(7-9-15)20-4-2/h5-11,19H,3-4,12H2,1-2H3. The van der Waals surface area contributed by atoms with E-state index >= 15 is 0 Å². The number of ether oxygens (including phenoxy) is 2. The molecule has 0 unspecified atom stereocenters. The van der Waals surface area contributed by atoms with Crippen LogP contribution in [0.1, 0.15) is 19.4 Å². The zero-order valence-corrected chi connectivity index (χ0v) is 13.1. The van der Waals surface area contributed by atoms with Crippen LogP contribution in [0.3, 0.4) is 0 Å². The molecule has 2 aromatic rings. The lowest BCUT2D eigenvalue weighted by Crippen LogP contribution is -2.11. The number of hydrogen-bond acceptors (Lipinski definition) is 3. The van der Waals surface area contributed by atoms with E-state index in [0.29, 0.717) is 17.4 Å². The lowest BCUT2D eigenvalue weighted by Gasteiger charge is -2.10. The highest BCUT2D eigenvalue weighted by molar-refractivity contribution is 6.32. The van der Waals surface area contributed by atoms with Gasteiger partial charge < -0.3 is 14.8 Å². The van der Waals surface area contributed by atoms with Crippen molar-refractivity contribution in [2.24, 2.45) is 0 Å². The summed E-state index contributed by atoms with van der Waals surface area (Å²) in [6.45, 7) is 6.42. The molecule has 1 N–H and O–H groups in total. The third-order valence-corrected chi connectivity index (χ3v) is 3.23. The van der Waals surface area contributed by atoms with Crippen LogP contribution in [0.25, 0.3) is 0 Å². The predicted molar refractivity (Wildman–Crippen MR) is 86.5 cm³/mol. The van der Waals surface area contributed by atoms with Crippen LogP contribution >= 0.6 is 11.6 Å². The fourth-order valence-electron chi connectivity index (χ4n) is 1.90. The van der Waals surface area contributed by atoms with Gasteiger partial charge in [-0.1, -0.05) is 24.6 Å². The first kappa shape index (κ1) is 15.7. The Morgan fingerprint density at radius 1 is 1.00 bits per heavy atom. The second-order valence-corrected chi connectivity index (χ2v) is 4.96. The molecule has 112 valence electrons. The third kappa shape index (κ3) is 4.66. The van der Waals surface area contributed by atoms with Gasteiger partial charge in [-0.2, -0.15) is 0 Å². The first-order chi connectivity index (χ1) is 10.2. The summed E-state index contributed by atoms with van der Waals surface area (Å²) in [4.78, 5) is 0. The maximum Gasteiger partial charge on any atom is 0.146 e. The minimum Gasteiger partial charge on any atom is -0.494 e. The molecular weight excluding hydrogens is 286 g/mol. The maximum atomic E-state index is 6.26. The van der Waals surface area contributed by atoms with E-state index in [1.807, 2.05) is 49.4 Å². The van der Waals surface area contributed by atoms with Crippen LogP contribution < -0.4 is 14.8 Å². The number of nitrogens with one attached hydrogen (secondary N) is 1. The Balaban J connectivity index is 2.05. The van der Waals surface area contributed by atoms with Gasteiger partial charge in [-0.25, -0.2) is 0 Å². The summed E-state index contributed by atoms with van der Waals surface area (Å²) >= 11 is 6.26. The van der Waals surface area contributed by atoms with Crippen molar-refractivity contribution in [1.82, 2.24) is 5.32 Å². The van der Waals surface area contributed by atoms with E-state index in [0.717, 1.165) is 30.2 Å². The molecule has 0 atom stereocenters. The van der Waals surface area contributed by atoms with E-state index in [4.69, 9.17) is 21.1 Å². The van der Waals surface area contributed by atoms with Gasteiger partial charge in [-0.05, 0) is 55.4 Å². The molecule has 0 aliphatic rings. The Bertz CT molecular complexity index is 570. The Morgan fingerprint density at radius 3 is 2.33 bits per heavy atom. The monoisotopic (exact) mass is 305 g/mol. The SMILES string of the molecule is CCNCc1ccc(Oc2ccc(OCC)cc2)c(Cl)c1. The minimum atomic E-state index is 0.610. The summed E-state index contributed by atoms with van der Waals surface area (Å²) in [5.74, 6) is 2.22. The molecule has 0 fully saturated rings. The maximum absolute atomic E-state index is 6.26. The van der Waals surface area contributed by atoms with Crippen molar-refractivity contribution in [1.29, 1.82) is 0 Å². The molecule has 0 radical (unpaired) electrons. The van der Waals surface area contributed by atoms with Gasteiger partial charge >= 0.3 is 0 Å². The summed E-state index contributed by atoms with van der Waals surface area (Å²) in [6.07, 6.45) is 0. The lowest BCUT2D eigenvalue weighted by atomic mass is 10.2. The zero-order chi connectivity index (χ0) is 15.1. The molecule has 2 aromatic carbocycles. The summed E-state index contributed by atoms with van der Waals surface area (Å²) in [7, 11) is 0. The molecule has 0 bridgehead atoms. The van der Waals surface area contributed by atoms with E-state index in [9.17, 15) is 0 Å². The first-order valence-corrected chi connectivity index (χ1v) is 7.50. The van der Waals surface area contributed by atoms with Crippen LogP contribution in [-0.4, -0.2) is 13.2 Å². The molecule has 4 heteroatoms. The zero-order valence-electron chi connectivity index (χ0n) is 12.4. The summed E-state index contributed by atoms with van der Waals surface area (Å²) in [6, 6.07) is 13.3. The molecule has 0 spiro atoms. The highest BCUT2D eigenvalue weighted by Gasteiger charge is 2.05. The van der Waals surface area contributed by atoms with Crippen LogP contribution in [-0.2, 0) is 6.54 Å². The van der Waals surface area contributed by atoms with Crippen molar-refractivity contribution in [2.75, 3.05) is 13.2 Å². The van der Waals surface area contributed by atoms with Gasteiger partial charge in [0.05, 0.1) is 11.6 Å². The van der Waals surface area contributed by atoms with E-state index in [1.165, 1.54) is 0 Å². The topological polar surface area (TPSA) is 30.5 Å². The number of benzene rings is 2. The number of hydrogen-bond donors (Lipinski definition) is 1. The van der Waals surface area contributed by atoms with E-state index in [-0.39, 0.29) is 0 Å². The summed E-state index contributed by atoms with van der Waals surface area (Å²) < 4.78 is 11.2. The van der Waals surface area contributed by atoms with E-state index < -0.39 is 0 Å². The molecule has 0 heterocycles. The largest absolute Gasteiger partial charge is 0.494 e. The molecule has 2 rings (SSSR count). The van der Waals surface area contributed by atoms with Gasteiger partial charge in [0, 0.05) is 6.54 Å². The Kier molecular flexibility index (Phi) is 5.90. The van der Waals surface area contributed by atoms with Crippen molar-refractivity contribution in [2.45, 2.75) is 20.4 Å². The Labute approximate surface area is 130 Å². The molecule has 0 aromatic heterocycles. The average Bonchev–Trinajstić information content (AvgIpc) is 2.50. The molecular formula is C17H20ClNO2. The molecule has 0 saturated carbocycles. The van der Waals surface area contributed by atoms with Crippen molar-refractivity contribution in [3.63, 3.8) is 0 Å². The highest BCUT2D eigenvalue weighted by atomic mass is 35.5. The second kappa shape index (κ2) is 7.91. The molecule has 0 aliphatic heterocycles. The molecule has 0 saturated heterocycles. The van der Waals surface area contributed by atoms with Gasteiger partial charge in [-0.15, -0.1) is 0 Å². The third-order valence-electron chi connectivity index (χ3n) is 2.94. The van der Waals surface area contributed by atoms with Crippen LogP contribution in [0.4, 0.5) is 0 Å². The molecule has 0 amide bonds. The van der Waals surface area contributed by atoms with Crippen LogP contribution in [0.5, 0.6) is 17.2 Å². The smallest absolute Gasteiger partial charge is 0.146 e. The second-order valence-electron chi connectivity index (χ2n) is 4.55. The van der Waals surface area contributed by atoms with Crippen LogP contribution in [0.2, 0.25) is 5.02 Å². The molecule has 21 heavy (non-hydrogen) atoms. The summed E-state index contributed by atoms with van der Waals surface area (Å²) in [5, 5.41) is 3.88. The number of rotatable bonds is 7. The van der Waals surface area contributed by atoms with Gasteiger partial charge in [0.1, 0.15) is 17.2 Å². The van der Waals surface area contributed by atoms with Gasteiger partial charge in [0.25, 0.3) is 0 Å². The highest BCUT2D eigenvalue weighted by Crippen LogP contribution is 2.31. The van der Waals surface area contributed by atoms with Gasteiger partial charge in [0.2, 0.25) is 0 Å². The van der Waals surface area contributed by atoms with Crippen molar-refractivity contribution in [3.05, 3.63) is 53.1 Å². The van der Waals surface area contributed by atoms with Crippen molar-refractivity contribution >= 4 is 11.6 Å². The molecule has 0 aliphatic carbocycles. The molecule has 3 nitrogen and oxygen atoms in total. The van der Waals surface area contributed by atoms with E-state index in [2.05, 4.69) is 12.2 Å². The van der Waals surface area contributed by atoms with Crippen molar-refractivity contribution < 1.29 is 9.47 Å². The quantitative estimate of drug-likeness (QED) is 0.808. The van der Waals surface area contributed by atoms with Gasteiger partial charge in [-0.3, -0.25) is 0 Å². The van der Waals surface area contributed by atoms with Crippen LogP contribution in [0, 0.1) is 0 Å². The Morgan fingerprint density at radius 2 is 1.71 bits per heavy atom. The lowest BCUT2D eigenvalue weighted by molar-refractivity contribution is 0.339. The fourth-order valence-corrected chi connectivity index (χ4v) is 2.15. The van der Waals surface area contributed by atoms with E-state index in [1.54, 1.807) is 0 Å². The first-order valence-electron chi connectivity index (χ1n) is 7.12. The predicted octanol–water partition coefficient (Wildman–Crippen LogP) is 4.64. The van der Waals surface area contributed by atoms with Crippen molar-refractivity contribution in [3.8, 4) is 17.2 Å². The van der Waals surface area contributed by atoms with Crippen LogP contribution in [0.15, 0.2) is 42.5 Å². The minimum absolute atomic E-state index is 0.610. The normalized spacial score (nSPS) is 10.4. The Hall–Kier alpha value is -1.71. The van der Waals surface area contributed by atoms with Gasteiger partial charge in [0.15, 0.2) is 0 Å². The summed E-state index contributed by atoms with van der Waals surface area (Å²) in [5.41, 5.74) is 1.14. The fraction of sp³-hybridized carbons (Fsp3) is 0.294.